The number of urea groups is 1. The van der Waals surface area contributed by atoms with Crippen molar-refractivity contribution >= 4 is 40.1 Å². The Hall–Kier alpha value is -4.30. The minimum atomic E-state index is -4.66. The summed E-state index contributed by atoms with van der Waals surface area (Å²) in [5.41, 5.74) is -0.620. The molecule has 0 radical (unpaired) electrons. The Morgan fingerprint density at radius 2 is 1.86 bits per heavy atom. The number of fused-ring (bicyclic) bond motifs is 1. The summed E-state index contributed by atoms with van der Waals surface area (Å²) >= 11 is 0.773. The number of alkyl halides is 3. The predicted octanol–water partition coefficient (Wildman–Crippen LogP) is 5.78. The van der Waals surface area contributed by atoms with E-state index in [4.69, 9.17) is 0 Å². The molecule has 14 heteroatoms. The Morgan fingerprint density at radius 3 is 2.49 bits per heavy atom. The van der Waals surface area contributed by atoms with Gasteiger partial charge in [-0.3, -0.25) is 10.1 Å². The van der Waals surface area contributed by atoms with E-state index in [1.54, 1.807) is 16.7 Å². The number of nitrogens with zero attached hydrogens (tertiary/aromatic N) is 4. The average Bonchev–Trinajstić information content (AvgIpc) is 3.48. The summed E-state index contributed by atoms with van der Waals surface area (Å²) in [6.45, 7) is 9.01. The number of aromatic carboxylic acids is 1. The van der Waals surface area contributed by atoms with Crippen molar-refractivity contribution in [3.8, 4) is 21.7 Å². The van der Waals surface area contributed by atoms with Crippen molar-refractivity contribution in [2.75, 3.05) is 31.5 Å². The SMILES string of the molecule is CCCNC(=O)Nc1cc(-c2nc(C(F)(F)F)cs2)c(-c2ccc3c(c2)c(=O)c(C(=O)O)cn3CCN(CC)CC)cn1. The molecule has 0 atom stereocenters. The van der Waals surface area contributed by atoms with E-state index in [1.165, 1.54) is 24.5 Å². The minimum Gasteiger partial charge on any atom is -0.477 e. The molecule has 1 aromatic carbocycles. The first-order valence-corrected chi connectivity index (χ1v) is 14.6. The maximum Gasteiger partial charge on any atom is 0.434 e. The van der Waals surface area contributed by atoms with Gasteiger partial charge < -0.3 is 19.9 Å². The van der Waals surface area contributed by atoms with Crippen LogP contribution >= 0.6 is 11.3 Å². The van der Waals surface area contributed by atoms with Crippen molar-refractivity contribution in [2.24, 2.45) is 0 Å². The molecule has 4 rings (SSSR count). The molecule has 3 heterocycles. The highest BCUT2D eigenvalue weighted by Crippen LogP contribution is 2.39. The summed E-state index contributed by atoms with van der Waals surface area (Å²) < 4.78 is 41.9. The maximum absolute atomic E-state index is 13.4. The highest BCUT2D eigenvalue weighted by atomic mass is 32.1. The van der Waals surface area contributed by atoms with Gasteiger partial charge in [0.25, 0.3) is 0 Å². The summed E-state index contributed by atoms with van der Waals surface area (Å²) in [6, 6.07) is 5.77. The van der Waals surface area contributed by atoms with Crippen LogP contribution in [-0.2, 0) is 12.7 Å². The van der Waals surface area contributed by atoms with Crippen molar-refractivity contribution in [3.05, 3.63) is 63.5 Å². The van der Waals surface area contributed by atoms with E-state index in [2.05, 4.69) is 25.5 Å². The number of likely N-dealkylation sites (N-methyl/N-ethyl adjacent to an activating group) is 1. The number of carbonyl (C=O) groups excluding carboxylic acids is 1. The molecule has 0 aliphatic rings. The fraction of sp³-hybridized carbons (Fsp3) is 0.345. The molecule has 0 saturated heterocycles. The zero-order valence-corrected chi connectivity index (χ0v) is 24.6. The maximum atomic E-state index is 13.4. The van der Waals surface area contributed by atoms with Crippen LogP contribution in [0.25, 0.3) is 32.6 Å². The first-order valence-electron chi connectivity index (χ1n) is 13.7. The van der Waals surface area contributed by atoms with Crippen LogP contribution in [0.3, 0.4) is 0 Å². The molecule has 0 fully saturated rings. The smallest absolute Gasteiger partial charge is 0.434 e. The largest absolute Gasteiger partial charge is 0.477 e. The van der Waals surface area contributed by atoms with Crippen LogP contribution in [0, 0.1) is 0 Å². The van der Waals surface area contributed by atoms with Gasteiger partial charge >= 0.3 is 18.2 Å². The Morgan fingerprint density at radius 1 is 1.12 bits per heavy atom. The molecule has 0 bridgehead atoms. The number of carbonyl (C=O) groups is 2. The molecular weight excluding hydrogens is 585 g/mol. The third-order valence-electron chi connectivity index (χ3n) is 6.88. The first kappa shape index (κ1) is 31.6. The summed E-state index contributed by atoms with van der Waals surface area (Å²) in [4.78, 5) is 47.7. The Kier molecular flexibility index (Phi) is 9.81. The van der Waals surface area contributed by atoms with Gasteiger partial charge in [-0.1, -0.05) is 26.8 Å². The second kappa shape index (κ2) is 13.3. The number of anilines is 1. The molecule has 0 aliphatic carbocycles. The summed E-state index contributed by atoms with van der Waals surface area (Å²) in [6.07, 6.45) is -1.25. The lowest BCUT2D eigenvalue weighted by Crippen LogP contribution is -2.29. The number of pyridine rings is 2. The summed E-state index contributed by atoms with van der Waals surface area (Å²) in [5, 5.41) is 16.0. The van der Waals surface area contributed by atoms with Crippen molar-refractivity contribution in [2.45, 2.75) is 39.9 Å². The Bertz CT molecular complexity index is 1700. The number of aromatic nitrogens is 3. The number of hydrogen-bond donors (Lipinski definition) is 3. The molecule has 228 valence electrons. The van der Waals surface area contributed by atoms with Crippen LogP contribution < -0.4 is 16.1 Å². The van der Waals surface area contributed by atoms with Gasteiger partial charge in [-0.25, -0.2) is 19.6 Å². The van der Waals surface area contributed by atoms with E-state index in [0.29, 0.717) is 42.7 Å². The van der Waals surface area contributed by atoms with Gasteiger partial charge in [0.2, 0.25) is 5.43 Å². The fourth-order valence-corrected chi connectivity index (χ4v) is 5.41. The van der Waals surface area contributed by atoms with E-state index in [9.17, 15) is 32.7 Å². The van der Waals surface area contributed by atoms with E-state index < -0.39 is 34.9 Å². The van der Waals surface area contributed by atoms with Crippen LogP contribution in [0.1, 0.15) is 43.2 Å². The number of carboxylic acid groups (broad SMARTS) is 1. The van der Waals surface area contributed by atoms with E-state index in [1.807, 2.05) is 20.8 Å². The van der Waals surface area contributed by atoms with Gasteiger partial charge in [-0.15, -0.1) is 11.3 Å². The lowest BCUT2D eigenvalue weighted by molar-refractivity contribution is -0.140. The van der Waals surface area contributed by atoms with E-state index in [-0.39, 0.29) is 21.8 Å². The van der Waals surface area contributed by atoms with Crippen molar-refractivity contribution < 1.29 is 27.9 Å². The molecule has 2 amide bonds. The van der Waals surface area contributed by atoms with Crippen LogP contribution in [0.5, 0.6) is 0 Å². The average molecular weight is 617 g/mol. The number of benzene rings is 1. The molecule has 0 saturated carbocycles. The third-order valence-corrected chi connectivity index (χ3v) is 7.75. The molecule has 3 N–H and O–H groups in total. The molecule has 0 aliphatic heterocycles. The molecular formula is C29H31F3N6O4S. The number of nitrogens with one attached hydrogen (secondary N) is 2. The van der Waals surface area contributed by atoms with Gasteiger partial charge in [-0.05, 0) is 43.3 Å². The molecule has 4 aromatic rings. The number of halogens is 3. The third kappa shape index (κ3) is 7.20. The van der Waals surface area contributed by atoms with Crippen molar-refractivity contribution in [1.82, 2.24) is 24.8 Å². The molecule has 3 aromatic heterocycles. The summed E-state index contributed by atoms with van der Waals surface area (Å²) in [5.74, 6) is -1.28. The normalized spacial score (nSPS) is 11.7. The molecule has 0 spiro atoms. The Labute approximate surface area is 249 Å². The minimum absolute atomic E-state index is 0.0257. The van der Waals surface area contributed by atoms with E-state index >= 15 is 0 Å². The molecule has 10 nitrogen and oxygen atoms in total. The summed E-state index contributed by atoms with van der Waals surface area (Å²) in [7, 11) is 0. The highest BCUT2D eigenvalue weighted by Gasteiger charge is 2.34. The van der Waals surface area contributed by atoms with E-state index in [0.717, 1.165) is 29.8 Å². The van der Waals surface area contributed by atoms with Crippen LogP contribution in [0.15, 0.2) is 46.8 Å². The standard InChI is InChI=1S/C29H31F3N6O4S/c1-4-9-33-28(42)36-24-13-18(26-35-23(16-43-26)29(30,31)32)20(14-34-24)17-7-8-22-19(12-17)25(39)21(27(40)41)15-38(22)11-10-37(5-2)6-3/h7-8,12-16H,4-6,9-11H2,1-3H3,(H,40,41)(H2,33,34,36,42). The number of rotatable bonds is 11. The zero-order chi connectivity index (χ0) is 31.3. The zero-order valence-electron chi connectivity index (χ0n) is 23.8. The van der Waals surface area contributed by atoms with Gasteiger partial charge in [0.1, 0.15) is 16.4 Å². The Balaban J connectivity index is 1.86. The lowest BCUT2D eigenvalue weighted by atomic mass is 9.99. The second-order valence-electron chi connectivity index (χ2n) is 9.66. The van der Waals surface area contributed by atoms with Gasteiger partial charge in [0.05, 0.1) is 5.52 Å². The van der Waals surface area contributed by atoms with Crippen LogP contribution in [0.4, 0.5) is 23.8 Å². The van der Waals surface area contributed by atoms with Crippen molar-refractivity contribution in [1.29, 1.82) is 0 Å². The number of carboxylic acids is 1. The van der Waals surface area contributed by atoms with Crippen molar-refractivity contribution in [3.63, 3.8) is 0 Å². The van der Waals surface area contributed by atoms with Gasteiger partial charge in [0, 0.05) is 53.9 Å². The van der Waals surface area contributed by atoms with Gasteiger partial charge in [-0.2, -0.15) is 13.2 Å². The number of hydrogen-bond acceptors (Lipinski definition) is 7. The molecule has 0 unspecified atom stereocenters. The first-order chi connectivity index (χ1) is 20.5. The second-order valence-corrected chi connectivity index (χ2v) is 10.5. The predicted molar refractivity (Wildman–Crippen MR) is 160 cm³/mol. The van der Waals surface area contributed by atoms with Gasteiger partial charge in [0.15, 0.2) is 5.69 Å². The number of amides is 2. The number of thiazole rings is 1. The fourth-order valence-electron chi connectivity index (χ4n) is 4.55. The monoisotopic (exact) mass is 616 g/mol. The lowest BCUT2D eigenvalue weighted by Gasteiger charge is -2.20. The van der Waals surface area contributed by atoms with Crippen LogP contribution in [0.2, 0.25) is 0 Å². The topological polar surface area (TPSA) is 129 Å². The molecule has 43 heavy (non-hydrogen) atoms. The van der Waals surface area contributed by atoms with Crippen LogP contribution in [-0.4, -0.2) is 62.7 Å². The quantitative estimate of drug-likeness (QED) is 0.195. The highest BCUT2D eigenvalue weighted by molar-refractivity contribution is 7.13.